The number of amides is 1. The molecule has 1 fully saturated rings. The second-order valence-corrected chi connectivity index (χ2v) is 11.3. The molecule has 0 aliphatic carbocycles. The monoisotopic (exact) mass is 451 g/mol. The highest BCUT2D eigenvalue weighted by molar-refractivity contribution is 7.89. The first-order valence-electron chi connectivity index (χ1n) is 9.51. The predicted molar refractivity (Wildman–Crippen MR) is 114 cm³/mol. The lowest BCUT2D eigenvalue weighted by Gasteiger charge is -2.34. The van der Waals surface area contributed by atoms with Crippen LogP contribution in [0.1, 0.15) is 30.6 Å². The number of piperidine rings is 1. The maximum Gasteiger partial charge on any atom is 0.255 e. The van der Waals surface area contributed by atoms with Crippen molar-refractivity contribution in [2.45, 2.75) is 30.1 Å². The smallest absolute Gasteiger partial charge is 0.255 e. The van der Waals surface area contributed by atoms with Gasteiger partial charge in [0.1, 0.15) is 0 Å². The summed E-state index contributed by atoms with van der Waals surface area (Å²) in [5.41, 5.74) is 0.509. The summed E-state index contributed by atoms with van der Waals surface area (Å²) in [5, 5.41) is 7.72. The molecule has 0 aromatic heterocycles. The van der Waals surface area contributed by atoms with Crippen LogP contribution in [0.2, 0.25) is 0 Å². The second-order valence-electron chi connectivity index (χ2n) is 7.82. The molecule has 0 radical (unpaired) electrons. The summed E-state index contributed by atoms with van der Waals surface area (Å²) in [4.78, 5) is 12.4. The SMILES string of the molecule is C[C@@H]1C[C@@H](C)CN(S(=O)(=O)c2ccc(NC(=O)c3cccc(S(N)(=O)=O)c3)cc2)C1. The molecule has 30 heavy (non-hydrogen) atoms. The van der Waals surface area contributed by atoms with E-state index in [9.17, 15) is 21.6 Å². The molecule has 2 aromatic rings. The van der Waals surface area contributed by atoms with Gasteiger partial charge in [-0.2, -0.15) is 4.31 Å². The van der Waals surface area contributed by atoms with E-state index in [1.165, 1.54) is 52.8 Å². The number of nitrogens with one attached hydrogen (secondary N) is 1. The van der Waals surface area contributed by atoms with Gasteiger partial charge in [-0.15, -0.1) is 0 Å². The number of hydrogen-bond acceptors (Lipinski definition) is 5. The van der Waals surface area contributed by atoms with E-state index in [4.69, 9.17) is 5.14 Å². The van der Waals surface area contributed by atoms with Gasteiger partial charge in [-0.1, -0.05) is 19.9 Å². The number of carbonyl (C=O) groups is 1. The Morgan fingerprint density at radius 3 is 2.13 bits per heavy atom. The topological polar surface area (TPSA) is 127 Å². The summed E-state index contributed by atoms with van der Waals surface area (Å²) in [7, 11) is -7.53. The molecule has 8 nitrogen and oxygen atoms in total. The third-order valence-corrected chi connectivity index (χ3v) is 7.77. The first-order chi connectivity index (χ1) is 14.0. The highest BCUT2D eigenvalue weighted by Gasteiger charge is 2.31. The molecule has 2 atom stereocenters. The Morgan fingerprint density at radius 2 is 1.57 bits per heavy atom. The van der Waals surface area contributed by atoms with Crippen LogP contribution in [0, 0.1) is 11.8 Å². The summed E-state index contributed by atoms with van der Waals surface area (Å²) in [6.45, 7) is 5.07. The van der Waals surface area contributed by atoms with Gasteiger partial charge in [-0.05, 0) is 60.7 Å². The van der Waals surface area contributed by atoms with Crippen molar-refractivity contribution in [3.05, 3.63) is 54.1 Å². The highest BCUT2D eigenvalue weighted by atomic mass is 32.2. The van der Waals surface area contributed by atoms with Crippen LogP contribution in [-0.2, 0) is 20.0 Å². The van der Waals surface area contributed by atoms with Crippen LogP contribution in [-0.4, -0.2) is 40.1 Å². The number of rotatable bonds is 5. The van der Waals surface area contributed by atoms with Crippen LogP contribution < -0.4 is 10.5 Å². The fraction of sp³-hybridized carbons (Fsp3) is 0.350. The van der Waals surface area contributed by atoms with E-state index in [-0.39, 0.29) is 15.4 Å². The fourth-order valence-corrected chi connectivity index (χ4v) is 5.92. The van der Waals surface area contributed by atoms with Crippen molar-refractivity contribution in [3.63, 3.8) is 0 Å². The van der Waals surface area contributed by atoms with E-state index in [0.717, 1.165) is 6.42 Å². The van der Waals surface area contributed by atoms with Crippen LogP contribution in [0.15, 0.2) is 58.3 Å². The van der Waals surface area contributed by atoms with Crippen molar-refractivity contribution in [3.8, 4) is 0 Å². The molecule has 0 saturated carbocycles. The summed E-state index contributed by atoms with van der Waals surface area (Å²) < 4.78 is 50.3. The summed E-state index contributed by atoms with van der Waals surface area (Å²) >= 11 is 0. The molecule has 1 amide bonds. The van der Waals surface area contributed by atoms with E-state index in [1.807, 2.05) is 13.8 Å². The lowest BCUT2D eigenvalue weighted by molar-refractivity contribution is 0.102. The molecular weight excluding hydrogens is 426 g/mol. The molecule has 0 bridgehead atoms. The van der Waals surface area contributed by atoms with E-state index < -0.39 is 26.0 Å². The van der Waals surface area contributed by atoms with Crippen molar-refractivity contribution in [1.29, 1.82) is 0 Å². The normalized spacial score (nSPS) is 20.6. The number of primary sulfonamides is 1. The fourth-order valence-electron chi connectivity index (χ4n) is 3.68. The van der Waals surface area contributed by atoms with Gasteiger partial charge < -0.3 is 5.32 Å². The average Bonchev–Trinajstić information content (AvgIpc) is 2.67. The summed E-state index contributed by atoms with van der Waals surface area (Å²) in [6, 6.07) is 11.3. The number of benzene rings is 2. The van der Waals surface area contributed by atoms with Crippen molar-refractivity contribution < 1.29 is 21.6 Å². The maximum absolute atomic E-state index is 12.9. The Morgan fingerprint density at radius 1 is 0.967 bits per heavy atom. The van der Waals surface area contributed by atoms with Crippen molar-refractivity contribution in [2.24, 2.45) is 17.0 Å². The number of anilines is 1. The Balaban J connectivity index is 1.75. The molecule has 2 aromatic carbocycles. The van der Waals surface area contributed by atoms with Crippen molar-refractivity contribution in [2.75, 3.05) is 18.4 Å². The lowest BCUT2D eigenvalue weighted by Crippen LogP contribution is -2.42. The molecule has 3 rings (SSSR count). The van der Waals surface area contributed by atoms with Gasteiger partial charge >= 0.3 is 0 Å². The lowest BCUT2D eigenvalue weighted by atomic mass is 9.94. The third kappa shape index (κ3) is 5.07. The highest BCUT2D eigenvalue weighted by Crippen LogP contribution is 2.27. The number of hydrogen-bond donors (Lipinski definition) is 2. The Hall–Kier alpha value is -2.27. The van der Waals surface area contributed by atoms with Crippen LogP contribution in [0.5, 0.6) is 0 Å². The maximum atomic E-state index is 12.9. The molecule has 1 saturated heterocycles. The molecule has 1 heterocycles. The van der Waals surface area contributed by atoms with Gasteiger partial charge in [0.2, 0.25) is 20.0 Å². The predicted octanol–water partition coefficient (Wildman–Crippen LogP) is 2.25. The Labute approximate surface area is 177 Å². The summed E-state index contributed by atoms with van der Waals surface area (Å²) in [5.74, 6) is 0.0696. The quantitative estimate of drug-likeness (QED) is 0.721. The standard InChI is InChI=1S/C20H25N3O5S2/c1-14-10-15(2)13-23(12-14)30(27,28)18-8-6-17(7-9-18)22-20(24)16-4-3-5-19(11-16)29(21,25)26/h3-9,11,14-15H,10,12-13H2,1-2H3,(H,22,24)(H2,21,25,26)/t14-,15-/m1/s1. The molecule has 1 aliphatic heterocycles. The van der Waals surface area contributed by atoms with Crippen LogP contribution in [0.4, 0.5) is 5.69 Å². The van der Waals surface area contributed by atoms with E-state index in [2.05, 4.69) is 5.32 Å². The number of nitrogens with zero attached hydrogens (tertiary/aromatic N) is 1. The summed E-state index contributed by atoms with van der Waals surface area (Å²) in [6.07, 6.45) is 1.00. The molecule has 1 aliphatic rings. The van der Waals surface area contributed by atoms with Gasteiger partial charge in [0, 0.05) is 24.3 Å². The minimum absolute atomic E-state index is 0.120. The zero-order valence-electron chi connectivity index (χ0n) is 16.8. The third-order valence-electron chi connectivity index (χ3n) is 5.01. The van der Waals surface area contributed by atoms with Gasteiger partial charge in [-0.25, -0.2) is 22.0 Å². The number of nitrogens with two attached hydrogens (primary N) is 1. The molecule has 0 spiro atoms. The molecule has 0 unspecified atom stereocenters. The van der Waals surface area contributed by atoms with E-state index in [1.54, 1.807) is 0 Å². The largest absolute Gasteiger partial charge is 0.322 e. The van der Waals surface area contributed by atoms with E-state index >= 15 is 0 Å². The van der Waals surface area contributed by atoms with Gasteiger partial charge in [0.05, 0.1) is 9.79 Å². The number of sulfonamides is 2. The molecule has 10 heteroatoms. The van der Waals surface area contributed by atoms with Crippen LogP contribution >= 0.6 is 0 Å². The minimum atomic E-state index is -3.92. The second kappa shape index (κ2) is 8.46. The number of carbonyl (C=O) groups excluding carboxylic acids is 1. The van der Waals surface area contributed by atoms with Crippen molar-refractivity contribution >= 4 is 31.6 Å². The van der Waals surface area contributed by atoms with Crippen LogP contribution in [0.25, 0.3) is 0 Å². The van der Waals surface area contributed by atoms with Gasteiger partial charge in [0.15, 0.2) is 0 Å². The van der Waals surface area contributed by atoms with Gasteiger partial charge in [-0.3, -0.25) is 4.79 Å². The molecule has 162 valence electrons. The first kappa shape index (κ1) is 22.4. The zero-order chi connectivity index (χ0) is 22.1. The first-order valence-corrected chi connectivity index (χ1v) is 12.5. The minimum Gasteiger partial charge on any atom is -0.322 e. The average molecular weight is 452 g/mol. The molecular formula is C20H25N3O5S2. The van der Waals surface area contributed by atoms with Crippen molar-refractivity contribution in [1.82, 2.24) is 4.31 Å². The Kier molecular flexibility index (Phi) is 6.32. The van der Waals surface area contributed by atoms with Crippen LogP contribution in [0.3, 0.4) is 0 Å². The zero-order valence-corrected chi connectivity index (χ0v) is 18.4. The van der Waals surface area contributed by atoms with Gasteiger partial charge in [0.25, 0.3) is 5.91 Å². The van der Waals surface area contributed by atoms with E-state index in [0.29, 0.717) is 30.6 Å². The Bertz CT molecular complexity index is 1140. The molecule has 3 N–H and O–H groups in total.